The Morgan fingerprint density at radius 2 is 1.85 bits per heavy atom. The van der Waals surface area contributed by atoms with Crippen LogP contribution in [0, 0.1) is 0 Å². The maximum atomic E-state index is 10.1. The van der Waals surface area contributed by atoms with E-state index in [-0.39, 0.29) is 18.3 Å². The number of aromatic hydroxyl groups is 1. The predicted octanol–water partition coefficient (Wildman–Crippen LogP) is 5.07. The van der Waals surface area contributed by atoms with Crippen LogP contribution in [-0.2, 0) is 11.4 Å². The van der Waals surface area contributed by atoms with E-state index < -0.39 is 0 Å². The van der Waals surface area contributed by atoms with Gasteiger partial charge in [-0.15, -0.1) is 5.10 Å². The monoisotopic (exact) mass is 523 g/mol. The second kappa shape index (κ2) is 9.97. The van der Waals surface area contributed by atoms with E-state index in [4.69, 9.17) is 24.0 Å². The summed E-state index contributed by atoms with van der Waals surface area (Å²) in [7, 11) is 3.19. The Hall–Kier alpha value is -5.12. The first-order chi connectivity index (χ1) is 19.1. The molecule has 196 valence electrons. The summed E-state index contributed by atoms with van der Waals surface area (Å²) in [6.07, 6.45) is 1.54. The molecule has 0 saturated carbocycles. The average molecular weight is 524 g/mol. The maximum absolute atomic E-state index is 10.1. The third kappa shape index (κ3) is 4.46. The first-order valence-electron chi connectivity index (χ1n) is 12.2. The Balaban J connectivity index is 1.41. The second-order valence-electron chi connectivity index (χ2n) is 8.95. The second-order valence-corrected chi connectivity index (χ2v) is 8.95. The summed E-state index contributed by atoms with van der Waals surface area (Å²) in [6, 6.07) is 20.6. The highest BCUT2D eigenvalue weighted by molar-refractivity contribution is 5.98. The van der Waals surface area contributed by atoms with Crippen LogP contribution in [0.25, 0.3) is 5.65 Å². The Morgan fingerprint density at radius 3 is 2.64 bits per heavy atom. The molecule has 0 unspecified atom stereocenters. The van der Waals surface area contributed by atoms with Crippen molar-refractivity contribution in [1.29, 1.82) is 0 Å². The van der Waals surface area contributed by atoms with Crippen LogP contribution in [0.4, 0.5) is 0 Å². The van der Waals surface area contributed by atoms with Gasteiger partial charge in [0.1, 0.15) is 17.8 Å². The van der Waals surface area contributed by atoms with Crippen LogP contribution in [0.5, 0.6) is 28.9 Å². The molecule has 0 amide bonds. The molecule has 1 N–H and O–H groups in total. The summed E-state index contributed by atoms with van der Waals surface area (Å²) >= 11 is 0. The zero-order chi connectivity index (χ0) is 26.9. The number of ether oxygens (including phenoxy) is 3. The van der Waals surface area contributed by atoms with Gasteiger partial charge in [0.05, 0.1) is 25.5 Å². The SMILES string of the molecule is COc1ccc([C@@H]2c3ccc(O)cc3Oc3ncn4nc(CO/N=C(/C)c5ccccc5)nc4c32)cc1OC. The van der Waals surface area contributed by atoms with Crippen molar-refractivity contribution in [2.45, 2.75) is 19.4 Å². The summed E-state index contributed by atoms with van der Waals surface area (Å²) in [5.74, 6) is 2.28. The van der Waals surface area contributed by atoms with E-state index in [1.807, 2.05) is 61.5 Å². The van der Waals surface area contributed by atoms with E-state index >= 15 is 0 Å². The molecule has 3 heterocycles. The molecule has 0 saturated heterocycles. The normalized spacial score (nSPS) is 14.3. The lowest BCUT2D eigenvalue weighted by atomic mass is 9.83. The van der Waals surface area contributed by atoms with Crippen LogP contribution >= 0.6 is 0 Å². The molecule has 0 aliphatic carbocycles. The van der Waals surface area contributed by atoms with E-state index in [9.17, 15) is 5.11 Å². The van der Waals surface area contributed by atoms with Gasteiger partial charge >= 0.3 is 0 Å². The Kier molecular flexibility index (Phi) is 6.20. The van der Waals surface area contributed by atoms with E-state index in [0.717, 1.165) is 28.0 Å². The Bertz CT molecular complexity index is 1700. The highest BCUT2D eigenvalue weighted by Gasteiger charge is 2.34. The molecule has 1 aliphatic heterocycles. The summed E-state index contributed by atoms with van der Waals surface area (Å²) in [4.78, 5) is 14.9. The van der Waals surface area contributed by atoms with Gasteiger partial charge in [-0.2, -0.15) is 0 Å². The average Bonchev–Trinajstić information content (AvgIpc) is 3.39. The van der Waals surface area contributed by atoms with E-state index in [1.165, 1.54) is 0 Å². The smallest absolute Gasteiger partial charge is 0.228 e. The van der Waals surface area contributed by atoms with Gasteiger partial charge in [0.25, 0.3) is 0 Å². The Morgan fingerprint density at radius 1 is 1.03 bits per heavy atom. The fraction of sp³-hybridized carbons (Fsp3) is 0.172. The Labute approximate surface area is 224 Å². The lowest BCUT2D eigenvalue weighted by molar-refractivity contribution is 0.125. The van der Waals surface area contributed by atoms with Crippen molar-refractivity contribution in [3.63, 3.8) is 0 Å². The van der Waals surface area contributed by atoms with Crippen LogP contribution in [0.1, 0.15) is 40.9 Å². The topological polar surface area (TPSA) is 113 Å². The maximum Gasteiger partial charge on any atom is 0.228 e. The molecule has 0 bridgehead atoms. The quantitative estimate of drug-likeness (QED) is 0.228. The minimum Gasteiger partial charge on any atom is -0.508 e. The number of nitrogens with zero attached hydrogens (tertiary/aromatic N) is 5. The van der Waals surface area contributed by atoms with Gasteiger partial charge in [-0.25, -0.2) is 14.5 Å². The molecule has 10 nitrogen and oxygen atoms in total. The van der Waals surface area contributed by atoms with Crippen molar-refractivity contribution < 1.29 is 24.2 Å². The molecular formula is C29H25N5O5. The molecule has 0 radical (unpaired) electrons. The van der Waals surface area contributed by atoms with Gasteiger partial charge in [0, 0.05) is 17.5 Å². The summed E-state index contributed by atoms with van der Waals surface area (Å²) in [5, 5.41) is 18.9. The first kappa shape index (κ1) is 24.2. The number of oxime groups is 1. The zero-order valence-electron chi connectivity index (χ0n) is 21.5. The van der Waals surface area contributed by atoms with Crippen LogP contribution < -0.4 is 14.2 Å². The van der Waals surface area contributed by atoms with Crippen LogP contribution in [-0.4, -0.2) is 44.6 Å². The van der Waals surface area contributed by atoms with Gasteiger partial charge in [-0.1, -0.05) is 47.6 Å². The lowest BCUT2D eigenvalue weighted by Crippen LogP contribution is -2.15. The molecule has 3 aromatic carbocycles. The number of benzene rings is 3. The lowest BCUT2D eigenvalue weighted by Gasteiger charge is -2.28. The highest BCUT2D eigenvalue weighted by atomic mass is 16.6. The minimum atomic E-state index is -0.336. The van der Waals surface area contributed by atoms with Crippen LogP contribution in [0.15, 0.2) is 78.2 Å². The number of phenols is 1. The van der Waals surface area contributed by atoms with E-state index in [1.54, 1.807) is 37.2 Å². The summed E-state index contributed by atoms with van der Waals surface area (Å²) < 4.78 is 18.8. The van der Waals surface area contributed by atoms with Gasteiger partial charge in [0.15, 0.2) is 29.6 Å². The van der Waals surface area contributed by atoms with E-state index in [2.05, 4.69) is 15.2 Å². The number of rotatable bonds is 7. The fourth-order valence-corrected chi connectivity index (χ4v) is 4.71. The van der Waals surface area contributed by atoms with Crippen LogP contribution in [0.3, 0.4) is 0 Å². The van der Waals surface area contributed by atoms with Crippen molar-refractivity contribution in [3.8, 4) is 28.9 Å². The molecule has 0 fully saturated rings. The molecule has 1 atom stereocenters. The molecule has 0 spiro atoms. The fourth-order valence-electron chi connectivity index (χ4n) is 4.71. The molecule has 2 aromatic heterocycles. The number of fused-ring (bicyclic) bond motifs is 4. The van der Waals surface area contributed by atoms with Crippen LogP contribution in [0.2, 0.25) is 0 Å². The minimum absolute atomic E-state index is 0.0764. The largest absolute Gasteiger partial charge is 0.508 e. The predicted molar refractivity (Wildman–Crippen MR) is 143 cm³/mol. The van der Waals surface area contributed by atoms with Crippen molar-refractivity contribution in [2.24, 2.45) is 5.16 Å². The molecule has 1 aliphatic rings. The first-order valence-corrected chi connectivity index (χ1v) is 12.2. The molecular weight excluding hydrogens is 498 g/mol. The third-order valence-corrected chi connectivity index (χ3v) is 6.56. The summed E-state index contributed by atoms with van der Waals surface area (Å²) in [6.45, 7) is 1.96. The number of hydrogen-bond donors (Lipinski definition) is 1. The van der Waals surface area contributed by atoms with Gasteiger partial charge < -0.3 is 24.2 Å². The van der Waals surface area contributed by atoms with Gasteiger partial charge in [-0.3, -0.25) is 0 Å². The third-order valence-electron chi connectivity index (χ3n) is 6.56. The van der Waals surface area contributed by atoms with Crippen molar-refractivity contribution in [3.05, 3.63) is 101 Å². The zero-order valence-corrected chi connectivity index (χ0v) is 21.5. The number of methoxy groups -OCH3 is 2. The van der Waals surface area contributed by atoms with Crippen molar-refractivity contribution in [1.82, 2.24) is 19.6 Å². The number of aromatic nitrogens is 4. The number of hydrogen-bond acceptors (Lipinski definition) is 9. The van der Waals surface area contributed by atoms with Gasteiger partial charge in [-0.05, 0) is 36.2 Å². The van der Waals surface area contributed by atoms with Crippen molar-refractivity contribution >= 4 is 11.4 Å². The highest BCUT2D eigenvalue weighted by Crippen LogP contribution is 2.49. The molecule has 6 rings (SSSR count). The molecule has 5 aromatic rings. The molecule has 10 heteroatoms. The van der Waals surface area contributed by atoms with Gasteiger partial charge in [0.2, 0.25) is 5.88 Å². The molecule has 39 heavy (non-hydrogen) atoms. The van der Waals surface area contributed by atoms with Crippen molar-refractivity contribution in [2.75, 3.05) is 14.2 Å². The number of phenolic OH excluding ortho intramolecular Hbond substituents is 1. The van der Waals surface area contributed by atoms with E-state index in [0.29, 0.717) is 34.6 Å². The summed E-state index contributed by atoms with van der Waals surface area (Å²) in [5.41, 5.74) is 4.76. The standard InChI is InChI=1S/C29H25N5O5/c1-17(18-7-5-4-6-8-18)33-38-15-25-31-28-27-26(19-9-12-22(36-2)24(13-19)37-3)21-11-10-20(35)14-23(21)39-29(27)30-16-34(28)32-25/h4-14,16,26,35H,15H2,1-3H3/b33-17-/t26-/m1/s1.